The monoisotopic (exact) mass is 268 g/mol. The summed E-state index contributed by atoms with van der Waals surface area (Å²) in [4.78, 5) is 10.8. The van der Waals surface area contributed by atoms with Crippen LogP contribution in [0.3, 0.4) is 0 Å². The summed E-state index contributed by atoms with van der Waals surface area (Å²) in [6, 6.07) is 0.458. The van der Waals surface area contributed by atoms with E-state index in [9.17, 15) is 4.39 Å². The molecule has 0 fully saturated rings. The van der Waals surface area contributed by atoms with E-state index >= 15 is 0 Å². The Morgan fingerprint density at radius 1 is 1.39 bits per heavy atom. The lowest BCUT2D eigenvalue weighted by Gasteiger charge is -2.30. The van der Waals surface area contributed by atoms with Crippen molar-refractivity contribution >= 4 is 22.8 Å². The van der Waals surface area contributed by atoms with Crippen LogP contribution in [0.15, 0.2) is 6.20 Å². The fraction of sp³-hybridized carbons (Fsp3) is 0.500. The number of halogens is 2. The summed E-state index contributed by atoms with van der Waals surface area (Å²) in [6.07, 6.45) is 1.35. The summed E-state index contributed by atoms with van der Waals surface area (Å²) in [7, 11) is 0. The molecule has 3 rings (SSSR count). The molecule has 96 valence electrons. The van der Waals surface area contributed by atoms with Gasteiger partial charge in [-0.15, -0.1) is 0 Å². The maximum absolute atomic E-state index is 13.9. The molecule has 0 atom stereocenters. The number of hydrogen-bond donors (Lipinski definition) is 0. The predicted octanol–water partition coefficient (Wildman–Crippen LogP) is 2.45. The quantitative estimate of drug-likeness (QED) is 0.797. The first kappa shape index (κ1) is 11.9. The zero-order valence-electron chi connectivity index (χ0n) is 10.3. The number of nitrogens with zero attached hydrogens (tertiary/aromatic N) is 4. The molecular formula is C12H14ClFN4. The summed E-state index contributed by atoms with van der Waals surface area (Å²) >= 11 is 5.73. The molecule has 6 heteroatoms. The largest absolute Gasteiger partial charge is 0.310 e. The van der Waals surface area contributed by atoms with Gasteiger partial charge in [0.25, 0.3) is 0 Å². The third-order valence-corrected chi connectivity index (χ3v) is 3.69. The Balaban J connectivity index is 2.12. The smallest absolute Gasteiger partial charge is 0.172 e. The molecule has 18 heavy (non-hydrogen) atoms. The minimum Gasteiger partial charge on any atom is -0.310 e. The summed E-state index contributed by atoms with van der Waals surface area (Å²) < 4.78 is 15.9. The lowest BCUT2D eigenvalue weighted by molar-refractivity contribution is 0.175. The van der Waals surface area contributed by atoms with Gasteiger partial charge in [-0.2, -0.15) is 0 Å². The van der Waals surface area contributed by atoms with Gasteiger partial charge in [0.15, 0.2) is 11.5 Å². The summed E-state index contributed by atoms with van der Waals surface area (Å²) in [5.41, 5.74) is 0.874. The SMILES string of the molecule is CC(C)N1CCn2c(nc3c(F)c(Cl)cnc32)C1. The van der Waals surface area contributed by atoms with E-state index in [1.807, 2.05) is 4.57 Å². The number of imidazole rings is 1. The van der Waals surface area contributed by atoms with Crippen molar-refractivity contribution < 1.29 is 4.39 Å². The third-order valence-electron chi connectivity index (χ3n) is 3.42. The molecule has 1 aliphatic rings. The van der Waals surface area contributed by atoms with Crippen molar-refractivity contribution in [3.63, 3.8) is 0 Å². The van der Waals surface area contributed by atoms with Gasteiger partial charge in [-0.3, -0.25) is 4.90 Å². The van der Waals surface area contributed by atoms with E-state index in [1.54, 1.807) is 0 Å². The minimum absolute atomic E-state index is 0.0265. The predicted molar refractivity (Wildman–Crippen MR) is 68.0 cm³/mol. The molecule has 3 heterocycles. The molecule has 0 N–H and O–H groups in total. The first-order chi connectivity index (χ1) is 8.58. The van der Waals surface area contributed by atoms with Crippen molar-refractivity contribution in [2.45, 2.75) is 33.0 Å². The molecular weight excluding hydrogens is 255 g/mol. The summed E-state index contributed by atoms with van der Waals surface area (Å²) in [6.45, 7) is 6.74. The van der Waals surface area contributed by atoms with E-state index in [1.165, 1.54) is 6.20 Å². The molecule has 2 aromatic rings. The van der Waals surface area contributed by atoms with Crippen LogP contribution >= 0.6 is 11.6 Å². The molecule has 4 nitrogen and oxygen atoms in total. The Kier molecular flexibility index (Phi) is 2.75. The second-order valence-corrected chi connectivity index (χ2v) is 5.24. The van der Waals surface area contributed by atoms with Gasteiger partial charge in [0.05, 0.1) is 17.8 Å². The fourth-order valence-corrected chi connectivity index (χ4v) is 2.48. The van der Waals surface area contributed by atoms with Gasteiger partial charge in [-0.05, 0) is 13.8 Å². The number of fused-ring (bicyclic) bond motifs is 3. The lowest BCUT2D eigenvalue weighted by Crippen LogP contribution is -2.38. The zero-order chi connectivity index (χ0) is 12.9. The van der Waals surface area contributed by atoms with Crippen molar-refractivity contribution in [3.05, 3.63) is 22.9 Å². The van der Waals surface area contributed by atoms with Gasteiger partial charge in [-0.25, -0.2) is 14.4 Å². The first-order valence-electron chi connectivity index (χ1n) is 6.01. The standard InChI is InChI=1S/C12H14ClFN4/c1-7(2)17-3-4-18-9(6-17)16-11-10(14)8(13)5-15-12(11)18/h5,7H,3-4,6H2,1-2H3. The highest BCUT2D eigenvalue weighted by Crippen LogP contribution is 2.25. The molecule has 0 spiro atoms. The molecule has 0 bridgehead atoms. The van der Waals surface area contributed by atoms with E-state index in [0.29, 0.717) is 11.7 Å². The average molecular weight is 269 g/mol. The molecule has 2 aromatic heterocycles. The van der Waals surface area contributed by atoms with Crippen LogP contribution in [-0.2, 0) is 13.1 Å². The zero-order valence-corrected chi connectivity index (χ0v) is 11.1. The van der Waals surface area contributed by atoms with Gasteiger partial charge < -0.3 is 4.57 Å². The van der Waals surface area contributed by atoms with Gasteiger partial charge in [-0.1, -0.05) is 11.6 Å². The van der Waals surface area contributed by atoms with Crippen molar-refractivity contribution in [2.24, 2.45) is 0 Å². The molecule has 0 amide bonds. The van der Waals surface area contributed by atoms with Crippen molar-refractivity contribution in [3.8, 4) is 0 Å². The van der Waals surface area contributed by atoms with Crippen LogP contribution in [-0.4, -0.2) is 32.0 Å². The second kappa shape index (κ2) is 4.17. The van der Waals surface area contributed by atoms with Crippen LogP contribution in [0.4, 0.5) is 4.39 Å². The van der Waals surface area contributed by atoms with Crippen molar-refractivity contribution in [1.29, 1.82) is 0 Å². The Morgan fingerprint density at radius 2 is 2.17 bits per heavy atom. The topological polar surface area (TPSA) is 34.0 Å². The van der Waals surface area contributed by atoms with Crippen LogP contribution in [0.2, 0.25) is 5.02 Å². The molecule has 0 aromatic carbocycles. The van der Waals surface area contributed by atoms with E-state index < -0.39 is 5.82 Å². The number of aromatic nitrogens is 3. The van der Waals surface area contributed by atoms with Crippen LogP contribution < -0.4 is 0 Å². The summed E-state index contributed by atoms with van der Waals surface area (Å²) in [5, 5.41) is 0.0265. The molecule has 0 saturated heterocycles. The van der Waals surface area contributed by atoms with Gasteiger partial charge in [0.1, 0.15) is 11.3 Å². The van der Waals surface area contributed by atoms with E-state index in [4.69, 9.17) is 11.6 Å². The van der Waals surface area contributed by atoms with Crippen LogP contribution in [0.25, 0.3) is 11.2 Å². The van der Waals surface area contributed by atoms with Crippen molar-refractivity contribution in [2.75, 3.05) is 6.54 Å². The number of pyridine rings is 1. The van der Waals surface area contributed by atoms with E-state index in [-0.39, 0.29) is 10.5 Å². The maximum Gasteiger partial charge on any atom is 0.172 e. The Hall–Kier alpha value is -1.20. The van der Waals surface area contributed by atoms with E-state index in [2.05, 4.69) is 28.7 Å². The van der Waals surface area contributed by atoms with Gasteiger partial charge in [0, 0.05) is 19.1 Å². The first-order valence-corrected chi connectivity index (χ1v) is 6.39. The highest BCUT2D eigenvalue weighted by Gasteiger charge is 2.24. The Bertz CT molecular complexity index is 608. The normalized spacial score (nSPS) is 16.5. The lowest BCUT2D eigenvalue weighted by atomic mass is 10.2. The fourth-order valence-electron chi connectivity index (χ4n) is 2.34. The van der Waals surface area contributed by atoms with Crippen LogP contribution in [0.5, 0.6) is 0 Å². The summed E-state index contributed by atoms with van der Waals surface area (Å²) in [5.74, 6) is 0.387. The highest BCUT2D eigenvalue weighted by molar-refractivity contribution is 6.31. The van der Waals surface area contributed by atoms with E-state index in [0.717, 1.165) is 25.5 Å². The number of rotatable bonds is 1. The Labute approximate surface area is 109 Å². The molecule has 0 aliphatic carbocycles. The second-order valence-electron chi connectivity index (χ2n) is 4.84. The minimum atomic E-state index is -0.473. The average Bonchev–Trinajstić information content (AvgIpc) is 2.72. The van der Waals surface area contributed by atoms with Gasteiger partial charge in [0.2, 0.25) is 0 Å². The maximum atomic E-state index is 13.9. The van der Waals surface area contributed by atoms with Crippen LogP contribution in [0, 0.1) is 5.82 Å². The van der Waals surface area contributed by atoms with Gasteiger partial charge >= 0.3 is 0 Å². The molecule has 1 aliphatic heterocycles. The van der Waals surface area contributed by atoms with Crippen molar-refractivity contribution in [1.82, 2.24) is 19.4 Å². The van der Waals surface area contributed by atoms with Crippen LogP contribution in [0.1, 0.15) is 19.7 Å². The molecule has 0 unspecified atom stereocenters. The highest BCUT2D eigenvalue weighted by atomic mass is 35.5. The number of hydrogen-bond acceptors (Lipinski definition) is 3. The third kappa shape index (κ3) is 1.69. The molecule has 0 radical (unpaired) electrons. The Morgan fingerprint density at radius 3 is 2.89 bits per heavy atom. The molecule has 0 saturated carbocycles.